The number of nitrogens with zero attached hydrogens (tertiary/aromatic N) is 2. The van der Waals surface area contributed by atoms with E-state index >= 15 is 0 Å². The fourth-order valence-corrected chi connectivity index (χ4v) is 1.46. The maximum Gasteiger partial charge on any atom is 0.303 e. The van der Waals surface area contributed by atoms with E-state index in [-0.39, 0.29) is 6.42 Å². The lowest BCUT2D eigenvalue weighted by atomic mass is 10.1. The third kappa shape index (κ3) is 2.92. The summed E-state index contributed by atoms with van der Waals surface area (Å²) in [7, 11) is 0. The number of rotatable bonds is 5. The largest absolute Gasteiger partial charge is 0.481 e. The van der Waals surface area contributed by atoms with E-state index in [1.807, 2.05) is 6.92 Å². The summed E-state index contributed by atoms with van der Waals surface area (Å²) in [4.78, 5) is 18.9. The molecule has 0 unspecified atom stereocenters. The average molecular weight is 221 g/mol. The molecule has 1 heterocycles. The third-order valence-electron chi connectivity index (χ3n) is 2.60. The van der Waals surface area contributed by atoms with Crippen molar-refractivity contribution in [2.24, 2.45) is 0 Å². The molecule has 0 aliphatic heterocycles. The number of carboxylic acids is 1. The summed E-state index contributed by atoms with van der Waals surface area (Å²) in [6, 6.07) is 0.532. The highest BCUT2D eigenvalue weighted by atomic mass is 16.4. The fraction of sp³-hybridized carbons (Fsp3) is 0.545. The molecule has 1 aromatic heterocycles. The van der Waals surface area contributed by atoms with E-state index in [1.165, 1.54) is 12.8 Å². The molecule has 16 heavy (non-hydrogen) atoms. The van der Waals surface area contributed by atoms with Gasteiger partial charge in [0.25, 0.3) is 0 Å². The highest BCUT2D eigenvalue weighted by Gasteiger charge is 2.21. The zero-order valence-electron chi connectivity index (χ0n) is 9.23. The number of carboxylic acid groups (broad SMARTS) is 1. The van der Waals surface area contributed by atoms with E-state index in [4.69, 9.17) is 5.11 Å². The number of hydrogen-bond donors (Lipinski definition) is 2. The highest BCUT2D eigenvalue weighted by Crippen LogP contribution is 2.23. The standard InChI is InChI=1S/C11H15N3O2/c1-7-8(2-5-10(15)16)6-12-11(13-7)14-9-3-4-9/h6,9H,2-5H2,1H3,(H,15,16)(H,12,13,14). The van der Waals surface area contributed by atoms with Crippen molar-refractivity contribution in [1.29, 1.82) is 0 Å². The van der Waals surface area contributed by atoms with Crippen molar-refractivity contribution < 1.29 is 9.90 Å². The first kappa shape index (κ1) is 10.9. The van der Waals surface area contributed by atoms with Crippen LogP contribution in [0.1, 0.15) is 30.5 Å². The first-order chi connectivity index (χ1) is 7.65. The first-order valence-corrected chi connectivity index (χ1v) is 5.46. The van der Waals surface area contributed by atoms with Crippen LogP contribution >= 0.6 is 0 Å². The second kappa shape index (κ2) is 4.47. The van der Waals surface area contributed by atoms with E-state index in [2.05, 4.69) is 15.3 Å². The number of nitrogens with one attached hydrogen (secondary N) is 1. The van der Waals surface area contributed by atoms with Crippen LogP contribution in [-0.2, 0) is 11.2 Å². The van der Waals surface area contributed by atoms with Gasteiger partial charge in [-0.15, -0.1) is 0 Å². The lowest BCUT2D eigenvalue weighted by Crippen LogP contribution is -2.08. The molecule has 0 spiro atoms. The van der Waals surface area contributed by atoms with Gasteiger partial charge < -0.3 is 10.4 Å². The molecule has 0 saturated heterocycles. The van der Waals surface area contributed by atoms with Crippen LogP contribution in [0.15, 0.2) is 6.20 Å². The molecule has 0 bridgehead atoms. The molecule has 2 N–H and O–H groups in total. The molecule has 2 rings (SSSR count). The predicted molar refractivity (Wildman–Crippen MR) is 59.4 cm³/mol. The molecule has 86 valence electrons. The van der Waals surface area contributed by atoms with Crippen LogP contribution in [0, 0.1) is 6.92 Å². The molecule has 1 aliphatic rings. The van der Waals surface area contributed by atoms with Gasteiger partial charge in [-0.05, 0) is 31.7 Å². The zero-order chi connectivity index (χ0) is 11.5. The third-order valence-corrected chi connectivity index (χ3v) is 2.60. The SMILES string of the molecule is Cc1nc(NC2CC2)ncc1CCC(=O)O. The van der Waals surface area contributed by atoms with Crippen molar-refractivity contribution in [3.05, 3.63) is 17.5 Å². The van der Waals surface area contributed by atoms with Gasteiger partial charge in [0.2, 0.25) is 5.95 Å². The quantitative estimate of drug-likeness (QED) is 0.785. The molecule has 0 radical (unpaired) electrons. The summed E-state index contributed by atoms with van der Waals surface area (Å²) in [5, 5.41) is 11.8. The Hall–Kier alpha value is -1.65. The van der Waals surface area contributed by atoms with Crippen LogP contribution < -0.4 is 5.32 Å². The summed E-state index contributed by atoms with van der Waals surface area (Å²) in [6.07, 6.45) is 4.70. The van der Waals surface area contributed by atoms with Crippen LogP contribution in [0.3, 0.4) is 0 Å². The molecule has 0 amide bonds. The van der Waals surface area contributed by atoms with Crippen molar-refractivity contribution in [3.63, 3.8) is 0 Å². The second-order valence-corrected chi connectivity index (χ2v) is 4.12. The summed E-state index contributed by atoms with van der Waals surface area (Å²) in [6.45, 7) is 1.89. The van der Waals surface area contributed by atoms with Gasteiger partial charge in [0.05, 0.1) is 0 Å². The van der Waals surface area contributed by atoms with Gasteiger partial charge in [0, 0.05) is 24.4 Å². The van der Waals surface area contributed by atoms with Crippen LogP contribution in [0.25, 0.3) is 0 Å². The minimum atomic E-state index is -0.792. The van der Waals surface area contributed by atoms with Gasteiger partial charge in [0.1, 0.15) is 0 Å². The Morgan fingerprint density at radius 3 is 2.94 bits per heavy atom. The molecule has 1 aromatic rings. The van der Waals surface area contributed by atoms with Crippen molar-refractivity contribution in [1.82, 2.24) is 9.97 Å². The van der Waals surface area contributed by atoms with Crippen molar-refractivity contribution >= 4 is 11.9 Å². The lowest BCUT2D eigenvalue weighted by Gasteiger charge is -2.06. The van der Waals surface area contributed by atoms with Gasteiger partial charge in [0.15, 0.2) is 0 Å². The average Bonchev–Trinajstić information content (AvgIpc) is 3.00. The van der Waals surface area contributed by atoms with E-state index in [0.29, 0.717) is 18.4 Å². The molecule has 1 saturated carbocycles. The molecule has 5 nitrogen and oxygen atoms in total. The van der Waals surface area contributed by atoms with Crippen LogP contribution in [-0.4, -0.2) is 27.1 Å². The Morgan fingerprint density at radius 2 is 2.38 bits per heavy atom. The summed E-state index contributed by atoms with van der Waals surface area (Å²) in [5.74, 6) is -0.140. The van der Waals surface area contributed by atoms with Gasteiger partial charge in [-0.2, -0.15) is 0 Å². The number of aliphatic carboxylic acids is 1. The van der Waals surface area contributed by atoms with Gasteiger partial charge >= 0.3 is 5.97 Å². The van der Waals surface area contributed by atoms with Crippen LogP contribution in [0.4, 0.5) is 5.95 Å². The van der Waals surface area contributed by atoms with E-state index < -0.39 is 5.97 Å². The van der Waals surface area contributed by atoms with Crippen LogP contribution in [0.2, 0.25) is 0 Å². The highest BCUT2D eigenvalue weighted by molar-refractivity contribution is 5.67. The Balaban J connectivity index is 2.00. The summed E-state index contributed by atoms with van der Waals surface area (Å²) >= 11 is 0. The Labute approximate surface area is 93.9 Å². The van der Waals surface area contributed by atoms with Gasteiger partial charge in [-0.3, -0.25) is 4.79 Å². The molecular weight excluding hydrogens is 206 g/mol. The molecular formula is C11H15N3O2. The van der Waals surface area contributed by atoms with E-state index in [0.717, 1.165) is 11.3 Å². The minimum Gasteiger partial charge on any atom is -0.481 e. The number of aryl methyl sites for hydroxylation is 2. The van der Waals surface area contributed by atoms with Crippen molar-refractivity contribution in [3.8, 4) is 0 Å². The van der Waals surface area contributed by atoms with Crippen molar-refractivity contribution in [2.45, 2.75) is 38.6 Å². The summed E-state index contributed by atoms with van der Waals surface area (Å²) in [5.41, 5.74) is 1.77. The first-order valence-electron chi connectivity index (χ1n) is 5.46. The maximum atomic E-state index is 10.5. The second-order valence-electron chi connectivity index (χ2n) is 4.12. The number of hydrogen-bond acceptors (Lipinski definition) is 4. The lowest BCUT2D eigenvalue weighted by molar-refractivity contribution is -0.136. The molecule has 0 aromatic carbocycles. The van der Waals surface area contributed by atoms with Gasteiger partial charge in [-0.25, -0.2) is 9.97 Å². The zero-order valence-corrected chi connectivity index (χ0v) is 9.23. The van der Waals surface area contributed by atoms with E-state index in [9.17, 15) is 4.79 Å². The monoisotopic (exact) mass is 221 g/mol. The van der Waals surface area contributed by atoms with Crippen LogP contribution in [0.5, 0.6) is 0 Å². The van der Waals surface area contributed by atoms with E-state index in [1.54, 1.807) is 6.20 Å². The fourth-order valence-electron chi connectivity index (χ4n) is 1.46. The normalized spacial score (nSPS) is 14.8. The molecule has 1 aliphatic carbocycles. The van der Waals surface area contributed by atoms with Gasteiger partial charge in [-0.1, -0.05) is 0 Å². The minimum absolute atomic E-state index is 0.125. The molecule has 1 fully saturated rings. The smallest absolute Gasteiger partial charge is 0.303 e. The maximum absolute atomic E-state index is 10.5. The number of anilines is 1. The Kier molecular flexibility index (Phi) is 3.03. The summed E-state index contributed by atoms with van der Waals surface area (Å²) < 4.78 is 0. The molecule has 5 heteroatoms. The Bertz CT molecular complexity index is 402. The molecule has 0 atom stereocenters. The number of aromatic nitrogens is 2. The topological polar surface area (TPSA) is 75.1 Å². The predicted octanol–water partition coefficient (Wildman–Crippen LogP) is 1.38. The number of carbonyl (C=O) groups is 1. The van der Waals surface area contributed by atoms with Crippen molar-refractivity contribution in [2.75, 3.05) is 5.32 Å². The Morgan fingerprint density at radius 1 is 1.62 bits per heavy atom.